The molecule has 0 aromatic heterocycles. The monoisotopic (exact) mass is 340 g/mol. The fraction of sp³-hybridized carbons (Fsp3) is 0.429. The maximum atomic E-state index is 6.52. The Labute approximate surface area is 148 Å². The van der Waals surface area contributed by atoms with Crippen molar-refractivity contribution in [3.63, 3.8) is 0 Å². The molecule has 2 fully saturated rings. The van der Waals surface area contributed by atoms with Gasteiger partial charge < -0.3 is 18.9 Å². The second kappa shape index (κ2) is 6.22. The summed E-state index contributed by atoms with van der Waals surface area (Å²) in [5.41, 5.74) is 1.38. The molecular formula is C21H24O4. The normalized spacial score (nSPS) is 30.0. The molecule has 4 heteroatoms. The van der Waals surface area contributed by atoms with Crippen molar-refractivity contribution in [3.05, 3.63) is 71.8 Å². The molecule has 2 heterocycles. The predicted molar refractivity (Wildman–Crippen MR) is 94.2 cm³/mol. The molecule has 2 aliphatic rings. The summed E-state index contributed by atoms with van der Waals surface area (Å²) in [5.74, 6) is -0.640. The molecule has 0 spiro atoms. The van der Waals surface area contributed by atoms with E-state index in [4.69, 9.17) is 18.9 Å². The summed E-state index contributed by atoms with van der Waals surface area (Å²) < 4.78 is 24.8. The van der Waals surface area contributed by atoms with Gasteiger partial charge in [-0.15, -0.1) is 0 Å². The lowest BCUT2D eigenvalue weighted by Crippen LogP contribution is -2.59. The highest BCUT2D eigenvalue weighted by Gasteiger charge is 2.59. The molecule has 0 radical (unpaired) electrons. The van der Waals surface area contributed by atoms with E-state index >= 15 is 0 Å². The van der Waals surface area contributed by atoms with Gasteiger partial charge in [0, 0.05) is 7.11 Å². The number of benzene rings is 2. The molecule has 3 atom stereocenters. The lowest BCUT2D eigenvalue weighted by atomic mass is 9.76. The number of rotatable bonds is 3. The lowest BCUT2D eigenvalue weighted by molar-refractivity contribution is -0.207. The maximum Gasteiger partial charge on any atom is 0.164 e. The Morgan fingerprint density at radius 2 is 1.44 bits per heavy atom. The average Bonchev–Trinajstić information content (AvgIpc) is 2.96. The van der Waals surface area contributed by atoms with Gasteiger partial charge in [-0.2, -0.15) is 0 Å². The van der Waals surface area contributed by atoms with Gasteiger partial charge in [0.2, 0.25) is 0 Å². The lowest BCUT2D eigenvalue weighted by Gasteiger charge is -2.47. The molecule has 2 aromatic carbocycles. The standard InChI is InChI=1S/C21H24O4/c1-20(2)24-17-14-23-21(15-10-6-4-7-11-15,16-12-8-5-9-13-16)19(22-3)18(17)25-20/h4-13,17-19H,14H2,1-3H3/t17-,18-,19+/m0/s1. The quantitative estimate of drug-likeness (QED) is 0.857. The van der Waals surface area contributed by atoms with Gasteiger partial charge in [0.1, 0.15) is 23.9 Å². The van der Waals surface area contributed by atoms with Gasteiger partial charge in [0.15, 0.2) is 5.79 Å². The second-order valence-corrected chi connectivity index (χ2v) is 7.07. The zero-order chi connectivity index (χ0) is 17.5. The number of fused-ring (bicyclic) bond motifs is 1. The van der Waals surface area contributed by atoms with Crippen LogP contribution < -0.4 is 0 Å². The van der Waals surface area contributed by atoms with Crippen LogP contribution in [0.4, 0.5) is 0 Å². The molecule has 4 nitrogen and oxygen atoms in total. The van der Waals surface area contributed by atoms with Crippen molar-refractivity contribution >= 4 is 0 Å². The first kappa shape index (κ1) is 16.7. The van der Waals surface area contributed by atoms with E-state index in [-0.39, 0.29) is 18.3 Å². The number of methoxy groups -OCH3 is 1. The zero-order valence-electron chi connectivity index (χ0n) is 14.8. The van der Waals surface area contributed by atoms with Crippen molar-refractivity contribution in [1.82, 2.24) is 0 Å². The topological polar surface area (TPSA) is 36.9 Å². The summed E-state index contributed by atoms with van der Waals surface area (Å²) >= 11 is 0. The third-order valence-corrected chi connectivity index (χ3v) is 5.06. The van der Waals surface area contributed by atoms with Crippen molar-refractivity contribution in [2.75, 3.05) is 13.7 Å². The fourth-order valence-corrected chi connectivity index (χ4v) is 4.11. The van der Waals surface area contributed by atoms with Gasteiger partial charge in [-0.1, -0.05) is 60.7 Å². The highest BCUT2D eigenvalue weighted by atomic mass is 16.8. The van der Waals surface area contributed by atoms with Crippen LogP contribution in [0.3, 0.4) is 0 Å². The smallest absolute Gasteiger partial charge is 0.164 e. The summed E-state index contributed by atoms with van der Waals surface area (Å²) in [6.07, 6.45) is -0.660. The first-order valence-electron chi connectivity index (χ1n) is 8.70. The van der Waals surface area contributed by atoms with Gasteiger partial charge in [-0.05, 0) is 25.0 Å². The van der Waals surface area contributed by atoms with Crippen LogP contribution in [0.1, 0.15) is 25.0 Å². The number of ether oxygens (including phenoxy) is 4. The van der Waals surface area contributed by atoms with Crippen LogP contribution in [0.5, 0.6) is 0 Å². The van der Waals surface area contributed by atoms with Crippen molar-refractivity contribution in [3.8, 4) is 0 Å². The van der Waals surface area contributed by atoms with Crippen LogP contribution >= 0.6 is 0 Å². The number of hydrogen-bond acceptors (Lipinski definition) is 4. The Bertz CT molecular complexity index is 674. The van der Waals surface area contributed by atoms with E-state index in [2.05, 4.69) is 24.3 Å². The van der Waals surface area contributed by atoms with Crippen LogP contribution in [0.15, 0.2) is 60.7 Å². The van der Waals surface area contributed by atoms with Gasteiger partial charge >= 0.3 is 0 Å². The highest BCUT2D eigenvalue weighted by molar-refractivity contribution is 5.39. The summed E-state index contributed by atoms with van der Waals surface area (Å²) in [6.45, 7) is 4.33. The minimum absolute atomic E-state index is 0.138. The van der Waals surface area contributed by atoms with Crippen LogP contribution in [-0.4, -0.2) is 37.8 Å². The molecule has 2 aromatic rings. The molecule has 2 aliphatic heterocycles. The molecular weight excluding hydrogens is 316 g/mol. The van der Waals surface area contributed by atoms with Gasteiger partial charge in [-0.3, -0.25) is 0 Å². The SMILES string of the molecule is CO[C@@H]1[C@H]2OC(C)(C)O[C@H]2COC1(c1ccccc1)c1ccccc1. The third kappa shape index (κ3) is 2.70. The Balaban J connectivity index is 1.86. The predicted octanol–water partition coefficient (Wildman–Crippen LogP) is 3.50. The molecule has 0 unspecified atom stereocenters. The van der Waals surface area contributed by atoms with Crippen LogP contribution in [0.2, 0.25) is 0 Å². The summed E-state index contributed by atoms with van der Waals surface area (Å²) in [5, 5.41) is 0. The molecule has 0 aliphatic carbocycles. The van der Waals surface area contributed by atoms with Crippen molar-refractivity contribution < 1.29 is 18.9 Å². The minimum atomic E-state index is -0.734. The van der Waals surface area contributed by atoms with Gasteiger partial charge in [0.05, 0.1) is 6.61 Å². The molecule has 4 rings (SSSR count). The van der Waals surface area contributed by atoms with E-state index in [1.807, 2.05) is 50.2 Å². The first-order chi connectivity index (χ1) is 12.1. The third-order valence-electron chi connectivity index (χ3n) is 5.06. The molecule has 132 valence electrons. The Morgan fingerprint density at radius 1 is 0.880 bits per heavy atom. The van der Waals surface area contributed by atoms with Gasteiger partial charge in [-0.25, -0.2) is 0 Å². The minimum Gasteiger partial charge on any atom is -0.375 e. The van der Waals surface area contributed by atoms with Crippen LogP contribution in [0, 0.1) is 0 Å². The van der Waals surface area contributed by atoms with Crippen molar-refractivity contribution in [2.24, 2.45) is 0 Å². The van der Waals surface area contributed by atoms with E-state index in [0.29, 0.717) is 6.61 Å². The molecule has 0 bridgehead atoms. The highest BCUT2D eigenvalue weighted by Crippen LogP contribution is 2.47. The molecule has 0 amide bonds. The Kier molecular flexibility index (Phi) is 4.16. The molecule has 0 N–H and O–H groups in total. The van der Waals surface area contributed by atoms with E-state index in [0.717, 1.165) is 11.1 Å². The largest absolute Gasteiger partial charge is 0.375 e. The molecule has 0 saturated carbocycles. The van der Waals surface area contributed by atoms with Crippen LogP contribution in [0.25, 0.3) is 0 Å². The summed E-state index contributed by atoms with van der Waals surface area (Å²) in [4.78, 5) is 0. The summed E-state index contributed by atoms with van der Waals surface area (Å²) in [7, 11) is 1.71. The summed E-state index contributed by atoms with van der Waals surface area (Å²) in [6, 6.07) is 20.5. The first-order valence-corrected chi connectivity index (χ1v) is 8.70. The molecule has 25 heavy (non-hydrogen) atoms. The number of hydrogen-bond donors (Lipinski definition) is 0. The Hall–Kier alpha value is -1.72. The van der Waals surface area contributed by atoms with Crippen molar-refractivity contribution in [1.29, 1.82) is 0 Å². The van der Waals surface area contributed by atoms with E-state index in [1.165, 1.54) is 0 Å². The van der Waals surface area contributed by atoms with Crippen LogP contribution in [-0.2, 0) is 24.5 Å². The molecule has 2 saturated heterocycles. The van der Waals surface area contributed by atoms with E-state index in [9.17, 15) is 0 Å². The average molecular weight is 340 g/mol. The van der Waals surface area contributed by atoms with E-state index < -0.39 is 11.4 Å². The zero-order valence-corrected chi connectivity index (χ0v) is 14.8. The fourth-order valence-electron chi connectivity index (χ4n) is 4.11. The van der Waals surface area contributed by atoms with Crippen molar-refractivity contribution in [2.45, 2.75) is 43.5 Å². The second-order valence-electron chi connectivity index (χ2n) is 7.07. The Morgan fingerprint density at radius 3 is 1.96 bits per heavy atom. The van der Waals surface area contributed by atoms with E-state index in [1.54, 1.807) is 7.11 Å². The maximum absolute atomic E-state index is 6.52. The van der Waals surface area contributed by atoms with Gasteiger partial charge in [0.25, 0.3) is 0 Å².